The van der Waals surface area contributed by atoms with Gasteiger partial charge < -0.3 is 9.88 Å². The van der Waals surface area contributed by atoms with E-state index >= 15 is 0 Å². The molecule has 3 aromatic heterocycles. The first-order valence-corrected chi connectivity index (χ1v) is 7.29. The first-order valence-electron chi connectivity index (χ1n) is 7.29. The lowest BCUT2D eigenvalue weighted by molar-refractivity contribution is 0.589. The summed E-state index contributed by atoms with van der Waals surface area (Å²) in [5.41, 5.74) is 3.56. The number of aromatic nitrogens is 3. The number of hydrogen-bond acceptors (Lipinski definition) is 3. The highest BCUT2D eigenvalue weighted by molar-refractivity contribution is 5.80. The Labute approximate surface area is 124 Å². The molecule has 0 unspecified atom stereocenters. The van der Waals surface area contributed by atoms with Crippen LogP contribution < -0.4 is 5.32 Å². The zero-order valence-electron chi connectivity index (χ0n) is 12.5. The predicted octanol–water partition coefficient (Wildman–Crippen LogP) is 2.98. The minimum atomic E-state index is 0.472. The lowest BCUT2D eigenvalue weighted by atomic mass is 10.2. The van der Waals surface area contributed by atoms with Crippen molar-refractivity contribution in [2.75, 3.05) is 0 Å². The molecule has 0 atom stereocenters. The summed E-state index contributed by atoms with van der Waals surface area (Å²) in [4.78, 5) is 8.61. The van der Waals surface area contributed by atoms with Crippen molar-refractivity contribution in [1.29, 1.82) is 0 Å². The van der Waals surface area contributed by atoms with Gasteiger partial charge in [-0.05, 0) is 35.4 Å². The molecule has 0 amide bonds. The molecule has 3 rings (SSSR count). The van der Waals surface area contributed by atoms with Gasteiger partial charge in [-0.2, -0.15) is 0 Å². The van der Waals surface area contributed by atoms with Crippen molar-refractivity contribution >= 4 is 11.0 Å². The molecular formula is C17H20N4. The second kappa shape index (κ2) is 6.06. The second-order valence-electron chi connectivity index (χ2n) is 5.55. The summed E-state index contributed by atoms with van der Waals surface area (Å²) < 4.78 is 2.21. The highest BCUT2D eigenvalue weighted by Crippen LogP contribution is 2.20. The zero-order chi connectivity index (χ0) is 14.7. The third-order valence-corrected chi connectivity index (χ3v) is 3.52. The molecule has 21 heavy (non-hydrogen) atoms. The smallest absolute Gasteiger partial charge is 0.140 e. The van der Waals surface area contributed by atoms with Crippen molar-refractivity contribution in [3.63, 3.8) is 0 Å². The van der Waals surface area contributed by atoms with Gasteiger partial charge in [0.15, 0.2) is 0 Å². The fraction of sp³-hybridized carbons (Fsp3) is 0.294. The van der Waals surface area contributed by atoms with Gasteiger partial charge in [0, 0.05) is 49.3 Å². The molecule has 0 radical (unpaired) electrons. The van der Waals surface area contributed by atoms with Crippen molar-refractivity contribution in [2.45, 2.75) is 33.0 Å². The van der Waals surface area contributed by atoms with Gasteiger partial charge >= 0.3 is 0 Å². The molecule has 0 saturated heterocycles. The van der Waals surface area contributed by atoms with Crippen LogP contribution in [0.1, 0.15) is 25.0 Å². The number of hydrogen-bond donors (Lipinski definition) is 1. The Morgan fingerprint density at radius 2 is 1.95 bits per heavy atom. The molecule has 0 fully saturated rings. The quantitative estimate of drug-likeness (QED) is 0.781. The van der Waals surface area contributed by atoms with Crippen LogP contribution in [0.25, 0.3) is 11.0 Å². The van der Waals surface area contributed by atoms with E-state index in [1.54, 1.807) is 0 Å². The number of pyridine rings is 2. The van der Waals surface area contributed by atoms with Gasteiger partial charge in [-0.3, -0.25) is 4.98 Å². The minimum absolute atomic E-state index is 0.472. The van der Waals surface area contributed by atoms with E-state index in [2.05, 4.69) is 46.0 Å². The monoisotopic (exact) mass is 280 g/mol. The molecule has 0 aliphatic heterocycles. The number of fused-ring (bicyclic) bond motifs is 1. The molecule has 0 aromatic carbocycles. The largest absolute Gasteiger partial charge is 0.328 e. The minimum Gasteiger partial charge on any atom is -0.328 e. The van der Waals surface area contributed by atoms with E-state index in [9.17, 15) is 0 Å². The molecule has 0 aliphatic carbocycles. The fourth-order valence-electron chi connectivity index (χ4n) is 2.46. The van der Waals surface area contributed by atoms with Crippen molar-refractivity contribution in [1.82, 2.24) is 19.9 Å². The van der Waals surface area contributed by atoms with Crippen molar-refractivity contribution in [3.8, 4) is 0 Å². The van der Waals surface area contributed by atoms with Crippen LogP contribution in [0.5, 0.6) is 0 Å². The van der Waals surface area contributed by atoms with E-state index in [1.165, 1.54) is 16.5 Å². The van der Waals surface area contributed by atoms with Crippen LogP contribution in [0.2, 0.25) is 0 Å². The summed E-state index contributed by atoms with van der Waals surface area (Å²) in [7, 11) is 0. The third-order valence-electron chi connectivity index (χ3n) is 3.52. The van der Waals surface area contributed by atoms with Crippen LogP contribution in [0.15, 0.2) is 49.1 Å². The molecule has 4 heteroatoms. The molecule has 3 heterocycles. The number of rotatable bonds is 5. The first kappa shape index (κ1) is 13.8. The second-order valence-corrected chi connectivity index (χ2v) is 5.55. The van der Waals surface area contributed by atoms with Crippen molar-refractivity contribution < 1.29 is 0 Å². The van der Waals surface area contributed by atoms with E-state index in [4.69, 9.17) is 0 Å². The average molecular weight is 280 g/mol. The average Bonchev–Trinajstić information content (AvgIpc) is 2.85. The van der Waals surface area contributed by atoms with Crippen molar-refractivity contribution in [3.05, 3.63) is 60.2 Å². The molecule has 0 spiro atoms. The van der Waals surface area contributed by atoms with Crippen LogP contribution in [0.4, 0.5) is 0 Å². The normalized spacial score (nSPS) is 11.4. The van der Waals surface area contributed by atoms with Gasteiger partial charge in [-0.1, -0.05) is 13.8 Å². The highest BCUT2D eigenvalue weighted by atomic mass is 15.0. The summed E-state index contributed by atoms with van der Waals surface area (Å²) in [6.07, 6.45) is 7.71. The van der Waals surface area contributed by atoms with Gasteiger partial charge in [0.05, 0.1) is 0 Å². The Morgan fingerprint density at radius 3 is 2.71 bits per heavy atom. The molecule has 108 valence electrons. The van der Waals surface area contributed by atoms with E-state index in [0.717, 1.165) is 18.7 Å². The summed E-state index contributed by atoms with van der Waals surface area (Å²) in [5, 5.41) is 4.70. The number of nitrogens with one attached hydrogen (secondary N) is 1. The molecule has 0 saturated carbocycles. The maximum absolute atomic E-state index is 4.54. The van der Waals surface area contributed by atoms with Crippen LogP contribution in [-0.4, -0.2) is 20.6 Å². The molecule has 0 aliphatic rings. The Bertz CT molecular complexity index is 716. The van der Waals surface area contributed by atoms with Gasteiger partial charge in [0.2, 0.25) is 0 Å². The Morgan fingerprint density at radius 1 is 1.14 bits per heavy atom. The van der Waals surface area contributed by atoms with Crippen molar-refractivity contribution in [2.24, 2.45) is 0 Å². The lowest BCUT2D eigenvalue weighted by Gasteiger charge is -2.06. The lowest BCUT2D eigenvalue weighted by Crippen LogP contribution is -2.21. The van der Waals surface area contributed by atoms with E-state index in [-0.39, 0.29) is 0 Å². The summed E-state index contributed by atoms with van der Waals surface area (Å²) >= 11 is 0. The third kappa shape index (κ3) is 3.11. The predicted molar refractivity (Wildman–Crippen MR) is 85.0 cm³/mol. The maximum atomic E-state index is 4.54. The van der Waals surface area contributed by atoms with Gasteiger partial charge in [-0.15, -0.1) is 0 Å². The summed E-state index contributed by atoms with van der Waals surface area (Å²) in [6.45, 7) is 6.00. The highest BCUT2D eigenvalue weighted by Gasteiger charge is 2.09. The molecular weight excluding hydrogens is 260 g/mol. The molecule has 0 bridgehead atoms. The molecule has 4 nitrogen and oxygen atoms in total. The Balaban J connectivity index is 1.95. The molecule has 3 aromatic rings. The Kier molecular flexibility index (Phi) is 3.97. The van der Waals surface area contributed by atoms with Crippen LogP contribution in [-0.2, 0) is 13.1 Å². The topological polar surface area (TPSA) is 42.7 Å². The van der Waals surface area contributed by atoms with E-state index < -0.39 is 0 Å². The van der Waals surface area contributed by atoms with Gasteiger partial charge in [0.25, 0.3) is 0 Å². The summed E-state index contributed by atoms with van der Waals surface area (Å²) in [5.74, 6) is 0. The Hall–Kier alpha value is -2.20. The molecule has 1 N–H and O–H groups in total. The SMILES string of the molecule is CC(C)NCc1cn(Cc2ccncc2)c2ncccc12. The fourth-order valence-corrected chi connectivity index (χ4v) is 2.46. The van der Waals surface area contributed by atoms with E-state index in [0.29, 0.717) is 6.04 Å². The van der Waals surface area contributed by atoms with Crippen LogP contribution >= 0.6 is 0 Å². The first-order chi connectivity index (χ1) is 10.2. The number of nitrogens with zero attached hydrogens (tertiary/aromatic N) is 3. The van der Waals surface area contributed by atoms with Gasteiger partial charge in [-0.25, -0.2) is 4.98 Å². The van der Waals surface area contributed by atoms with Crippen LogP contribution in [0, 0.1) is 0 Å². The maximum Gasteiger partial charge on any atom is 0.140 e. The van der Waals surface area contributed by atoms with Crippen LogP contribution in [0.3, 0.4) is 0 Å². The zero-order valence-corrected chi connectivity index (χ0v) is 12.5. The summed E-state index contributed by atoms with van der Waals surface area (Å²) in [6, 6.07) is 8.70. The standard InChI is InChI=1S/C17H20N4/c1-13(2)20-10-15-12-21(11-14-5-8-18-9-6-14)17-16(15)4-3-7-19-17/h3-9,12-13,20H,10-11H2,1-2H3. The van der Waals surface area contributed by atoms with E-state index in [1.807, 2.05) is 36.8 Å². The van der Waals surface area contributed by atoms with Gasteiger partial charge in [0.1, 0.15) is 5.65 Å².